The molecule has 4 aliphatic rings. The molecule has 0 amide bonds. The van der Waals surface area contributed by atoms with Crippen LogP contribution in [-0.4, -0.2) is 62.9 Å². The molecule has 7 atom stereocenters. The molecule has 0 unspecified atom stereocenters. The van der Waals surface area contributed by atoms with E-state index in [1.807, 2.05) is 48.1 Å². The Hall–Kier alpha value is -3.26. The molecule has 47 heavy (non-hydrogen) atoms. The maximum absolute atomic E-state index is 13.8. The topological polar surface area (TPSA) is 132 Å². The maximum Gasteiger partial charge on any atom is 0.306 e. The largest absolute Gasteiger partial charge is 0.449 e. The molecule has 4 aliphatic carbocycles. The summed E-state index contributed by atoms with van der Waals surface area (Å²) in [4.78, 5) is 39.4. The van der Waals surface area contributed by atoms with E-state index in [0.717, 1.165) is 54.4 Å². The highest BCUT2D eigenvalue weighted by atomic mass is 32.2. The van der Waals surface area contributed by atoms with Crippen LogP contribution in [0, 0.1) is 39.9 Å². The van der Waals surface area contributed by atoms with Gasteiger partial charge in [-0.15, -0.1) is 0 Å². The Bertz CT molecular complexity index is 1640. The predicted octanol–water partition coefficient (Wildman–Crippen LogP) is 6.11. The van der Waals surface area contributed by atoms with E-state index in [-0.39, 0.29) is 46.2 Å². The fourth-order valence-electron chi connectivity index (χ4n) is 9.74. The second kappa shape index (κ2) is 13.0. The summed E-state index contributed by atoms with van der Waals surface area (Å²) in [6.07, 6.45) is 8.70. The predicted molar refractivity (Wildman–Crippen MR) is 179 cm³/mol. The third-order valence-electron chi connectivity index (χ3n) is 11.9. The molecule has 0 aliphatic heterocycles. The number of carbonyl (C=O) groups is 3. The molecule has 1 aromatic carbocycles. The van der Waals surface area contributed by atoms with Gasteiger partial charge in [0.2, 0.25) is 5.12 Å². The van der Waals surface area contributed by atoms with Gasteiger partial charge >= 0.3 is 5.97 Å². The van der Waals surface area contributed by atoms with E-state index in [0.29, 0.717) is 37.9 Å². The quantitative estimate of drug-likeness (QED) is 0.182. The molecule has 1 aromatic heterocycles. The molecule has 10 heteroatoms. The second-order valence-electron chi connectivity index (χ2n) is 14.3. The number of allylic oxidation sites excluding steroid dienone is 1. The summed E-state index contributed by atoms with van der Waals surface area (Å²) in [6.45, 7) is 6.58. The smallest absolute Gasteiger partial charge is 0.306 e. The van der Waals surface area contributed by atoms with Gasteiger partial charge in [-0.25, -0.2) is 4.68 Å². The van der Waals surface area contributed by atoms with Gasteiger partial charge in [0.15, 0.2) is 11.4 Å². The van der Waals surface area contributed by atoms with Crippen molar-refractivity contribution < 1.29 is 29.0 Å². The van der Waals surface area contributed by atoms with Crippen LogP contribution in [0.5, 0.6) is 0 Å². The normalized spacial score (nSPS) is 32.2. The van der Waals surface area contributed by atoms with Crippen molar-refractivity contribution in [1.82, 2.24) is 9.78 Å². The van der Waals surface area contributed by atoms with Crippen LogP contribution in [0.25, 0.3) is 11.8 Å². The number of nitriles is 1. The van der Waals surface area contributed by atoms with E-state index in [1.54, 1.807) is 14.0 Å². The Kier molecular flexibility index (Phi) is 9.29. The van der Waals surface area contributed by atoms with Gasteiger partial charge in [0.1, 0.15) is 0 Å². The zero-order valence-electron chi connectivity index (χ0n) is 27.8. The number of hydrogen-bond donors (Lipinski definition) is 1. The molecule has 0 spiro atoms. The first kappa shape index (κ1) is 33.6. The van der Waals surface area contributed by atoms with Gasteiger partial charge in [-0.3, -0.25) is 14.4 Å². The number of hydrogen-bond acceptors (Lipinski definition) is 9. The summed E-state index contributed by atoms with van der Waals surface area (Å²) in [5.41, 5.74) is 2.54. The number of esters is 1. The van der Waals surface area contributed by atoms with E-state index in [1.165, 1.54) is 5.57 Å². The Morgan fingerprint density at radius 1 is 1.23 bits per heavy atom. The number of thioether (sulfide) groups is 1. The van der Waals surface area contributed by atoms with E-state index >= 15 is 0 Å². The third kappa shape index (κ3) is 5.48. The molecule has 9 nitrogen and oxygen atoms in total. The van der Waals surface area contributed by atoms with Gasteiger partial charge in [-0.05, 0) is 91.9 Å². The standard InChI is InChI=1S/C37H45N3O6S/c1-5-32(43)46-37(34(44)47-17-15-38)14-13-28-27-12-11-25-19-29-24(20-35(25,2)33(27)31(42)21-36(28,37)3)22-39-40(29)26-9-6-8-23(18-26)30(41)10-7-16-45-4/h6,8-9,18-19,22,27-28,31,33,42H,5,7,10-14,16-17,20-21H2,1-4H3/t27-,28-,31-,33+,35-,36-,37-/m0/s1. The Labute approximate surface area is 281 Å². The molecule has 0 saturated heterocycles. The number of benzene rings is 1. The Balaban J connectivity index is 1.30. The summed E-state index contributed by atoms with van der Waals surface area (Å²) in [5, 5.41) is 25.8. The molecule has 3 saturated carbocycles. The first-order valence-electron chi connectivity index (χ1n) is 16.9. The number of Topliss-reactive ketones (excluding diaryl/α,β-unsaturated/α-hetero) is 1. The molecule has 6 rings (SSSR count). The van der Waals surface area contributed by atoms with Crippen LogP contribution in [0.4, 0.5) is 0 Å². The lowest BCUT2D eigenvalue weighted by atomic mass is 9.45. The number of ether oxygens (including phenoxy) is 2. The van der Waals surface area contributed by atoms with Crippen LogP contribution >= 0.6 is 11.8 Å². The first-order chi connectivity index (χ1) is 22.5. The molecular weight excluding hydrogens is 614 g/mol. The van der Waals surface area contributed by atoms with Crippen molar-refractivity contribution in [3.63, 3.8) is 0 Å². The molecular formula is C37H45N3O6S. The fourth-order valence-corrected chi connectivity index (χ4v) is 10.5. The third-order valence-corrected chi connectivity index (χ3v) is 12.7. The van der Waals surface area contributed by atoms with Gasteiger partial charge in [-0.2, -0.15) is 10.4 Å². The number of nitrogens with zero attached hydrogens (tertiary/aromatic N) is 3. The molecule has 2 aromatic rings. The monoisotopic (exact) mass is 659 g/mol. The number of methoxy groups -OCH3 is 1. The average molecular weight is 660 g/mol. The first-order valence-corrected chi connectivity index (χ1v) is 17.9. The lowest BCUT2D eigenvalue weighted by Gasteiger charge is -2.60. The number of aliphatic hydroxyl groups is 1. The average Bonchev–Trinajstić information content (AvgIpc) is 3.59. The lowest BCUT2D eigenvalue weighted by Crippen LogP contribution is -2.62. The molecule has 3 fully saturated rings. The van der Waals surface area contributed by atoms with Crippen molar-refractivity contribution in [2.45, 2.75) is 90.3 Å². The number of ketones is 1. The zero-order chi connectivity index (χ0) is 33.6. The molecule has 250 valence electrons. The SMILES string of the molecule is CCC(=O)O[C@]1(C(=O)SCC#N)CC[C@H]2[C@@H]3CCC4=Cc5c(cnn5-c5cccc(C(=O)CCCOC)c5)C[C@]4(C)[C@H]3[C@@H](O)C[C@@]21C. The zero-order valence-corrected chi connectivity index (χ0v) is 28.6. The number of carbonyl (C=O) groups excluding carboxylic acids is 3. The van der Waals surface area contributed by atoms with Crippen LogP contribution < -0.4 is 0 Å². The van der Waals surface area contributed by atoms with E-state index in [9.17, 15) is 24.8 Å². The number of aromatic nitrogens is 2. The van der Waals surface area contributed by atoms with E-state index < -0.39 is 23.1 Å². The van der Waals surface area contributed by atoms with Gasteiger partial charge in [-0.1, -0.05) is 50.2 Å². The summed E-state index contributed by atoms with van der Waals surface area (Å²) in [5.74, 6) is -0.120. The van der Waals surface area contributed by atoms with Gasteiger partial charge < -0.3 is 14.6 Å². The number of fused-ring (bicyclic) bond motifs is 6. The Morgan fingerprint density at radius 3 is 2.79 bits per heavy atom. The van der Waals surface area contributed by atoms with Crippen LogP contribution in [0.2, 0.25) is 0 Å². The highest BCUT2D eigenvalue weighted by Gasteiger charge is 2.70. The van der Waals surface area contributed by atoms with Crippen molar-refractivity contribution in [1.29, 1.82) is 5.26 Å². The fraction of sp³-hybridized carbons (Fsp3) is 0.595. The minimum atomic E-state index is -1.35. The minimum absolute atomic E-state index is 0.00313. The highest BCUT2D eigenvalue weighted by molar-refractivity contribution is 8.14. The van der Waals surface area contributed by atoms with Crippen LogP contribution in [-0.2, 0) is 25.5 Å². The van der Waals surface area contributed by atoms with Gasteiger partial charge in [0.05, 0.1) is 35.5 Å². The molecule has 0 radical (unpaired) electrons. The van der Waals surface area contributed by atoms with Crippen LogP contribution in [0.15, 0.2) is 36.0 Å². The summed E-state index contributed by atoms with van der Waals surface area (Å²) >= 11 is 0.926. The summed E-state index contributed by atoms with van der Waals surface area (Å²) in [7, 11) is 1.64. The van der Waals surface area contributed by atoms with Gasteiger partial charge in [0.25, 0.3) is 0 Å². The van der Waals surface area contributed by atoms with Crippen LogP contribution in [0.1, 0.15) is 93.8 Å². The maximum atomic E-state index is 13.8. The lowest BCUT2D eigenvalue weighted by molar-refractivity contribution is -0.196. The van der Waals surface area contributed by atoms with E-state index in [4.69, 9.17) is 14.6 Å². The molecule has 1 heterocycles. The van der Waals surface area contributed by atoms with Crippen molar-refractivity contribution >= 4 is 34.7 Å². The highest BCUT2D eigenvalue weighted by Crippen LogP contribution is 2.69. The van der Waals surface area contributed by atoms with Crippen LogP contribution in [0.3, 0.4) is 0 Å². The summed E-state index contributed by atoms with van der Waals surface area (Å²) < 4.78 is 13.1. The van der Waals surface area contributed by atoms with Crippen molar-refractivity contribution in [2.75, 3.05) is 19.5 Å². The summed E-state index contributed by atoms with van der Waals surface area (Å²) in [6, 6.07) is 9.67. The number of aliphatic hydroxyl groups excluding tert-OH is 1. The van der Waals surface area contributed by atoms with E-state index in [2.05, 4.69) is 13.0 Å². The van der Waals surface area contributed by atoms with Crippen molar-refractivity contribution in [3.05, 3.63) is 52.9 Å². The second-order valence-corrected chi connectivity index (χ2v) is 15.2. The van der Waals surface area contributed by atoms with Crippen molar-refractivity contribution in [3.8, 4) is 11.8 Å². The molecule has 1 N–H and O–H groups in total. The Morgan fingerprint density at radius 2 is 2.04 bits per heavy atom. The molecule has 0 bridgehead atoms. The number of rotatable bonds is 10. The van der Waals surface area contributed by atoms with Crippen molar-refractivity contribution in [2.24, 2.45) is 28.6 Å². The minimum Gasteiger partial charge on any atom is -0.449 e. The van der Waals surface area contributed by atoms with Gasteiger partial charge in [0, 0.05) is 37.5 Å².